The zero-order valence-electron chi connectivity index (χ0n) is 21.6. The summed E-state index contributed by atoms with van der Waals surface area (Å²) in [5, 5.41) is 13.2. The van der Waals surface area contributed by atoms with Crippen LogP contribution in [0.3, 0.4) is 0 Å². The number of hydrogen-bond donors (Lipinski definition) is 3. The fraction of sp³-hybridized carbons (Fsp3) is 0.875. The molecule has 0 saturated carbocycles. The Balaban J connectivity index is 4.45. The molecule has 0 aliphatic rings. The fourth-order valence-electron chi connectivity index (χ4n) is 3.15. The largest absolute Gasteiger partial charge is 0.472 e. The Morgan fingerprint density at radius 3 is 2.12 bits per heavy atom. The van der Waals surface area contributed by atoms with Crippen LogP contribution in [0.1, 0.15) is 84.5 Å². The van der Waals surface area contributed by atoms with Gasteiger partial charge in [0, 0.05) is 6.42 Å². The third-order valence-electron chi connectivity index (χ3n) is 5.27. The van der Waals surface area contributed by atoms with Crippen LogP contribution in [0.15, 0.2) is 12.2 Å². The van der Waals surface area contributed by atoms with Gasteiger partial charge in [0.2, 0.25) is 5.91 Å². The zero-order chi connectivity index (χ0) is 25.2. The highest BCUT2D eigenvalue weighted by molar-refractivity contribution is 7.47. The van der Waals surface area contributed by atoms with Crippen LogP contribution in [0.5, 0.6) is 0 Å². The van der Waals surface area contributed by atoms with Gasteiger partial charge in [0.05, 0.1) is 39.9 Å². The molecule has 196 valence electrons. The number of aliphatic hydroxyl groups is 1. The normalized spacial score (nSPS) is 16.0. The number of hydrogen-bond acceptors (Lipinski definition) is 5. The minimum Gasteiger partial charge on any atom is -0.387 e. The van der Waals surface area contributed by atoms with E-state index in [0.717, 1.165) is 25.7 Å². The highest BCUT2D eigenvalue weighted by Gasteiger charge is 2.27. The van der Waals surface area contributed by atoms with E-state index in [0.29, 0.717) is 17.4 Å². The van der Waals surface area contributed by atoms with Crippen molar-refractivity contribution in [3.8, 4) is 0 Å². The molecule has 1 amide bonds. The second-order valence-electron chi connectivity index (χ2n) is 9.69. The number of phosphoric ester groups is 1. The topological polar surface area (TPSA) is 105 Å². The number of phosphoric acid groups is 1. The minimum atomic E-state index is -4.28. The maximum absolute atomic E-state index is 12.4. The quantitative estimate of drug-likeness (QED) is 0.0937. The van der Waals surface area contributed by atoms with Gasteiger partial charge in [-0.05, 0) is 12.8 Å². The van der Waals surface area contributed by atoms with E-state index in [9.17, 15) is 19.4 Å². The Labute approximate surface area is 201 Å². The number of rotatable bonds is 21. The van der Waals surface area contributed by atoms with Crippen molar-refractivity contribution < 1.29 is 32.9 Å². The molecule has 0 saturated heterocycles. The van der Waals surface area contributed by atoms with Crippen molar-refractivity contribution in [2.45, 2.75) is 96.6 Å². The summed E-state index contributed by atoms with van der Waals surface area (Å²) in [6, 6.07) is -0.832. The summed E-state index contributed by atoms with van der Waals surface area (Å²) in [7, 11) is 1.56. The first-order valence-electron chi connectivity index (χ1n) is 12.6. The number of allylic oxidation sites excluding steroid dienone is 1. The monoisotopic (exact) mass is 493 g/mol. The third-order valence-corrected chi connectivity index (χ3v) is 6.25. The molecule has 1 unspecified atom stereocenters. The summed E-state index contributed by atoms with van der Waals surface area (Å²) in [5.41, 5.74) is 0. The van der Waals surface area contributed by atoms with Crippen molar-refractivity contribution in [3.05, 3.63) is 12.2 Å². The number of nitrogens with one attached hydrogen (secondary N) is 1. The van der Waals surface area contributed by atoms with Crippen molar-refractivity contribution in [2.24, 2.45) is 0 Å². The lowest BCUT2D eigenvalue weighted by molar-refractivity contribution is -0.870. The fourth-order valence-corrected chi connectivity index (χ4v) is 3.89. The van der Waals surface area contributed by atoms with Crippen molar-refractivity contribution >= 4 is 13.7 Å². The Kier molecular flexibility index (Phi) is 18.1. The van der Waals surface area contributed by atoms with Crippen LogP contribution >= 0.6 is 7.82 Å². The van der Waals surface area contributed by atoms with E-state index < -0.39 is 20.0 Å². The summed E-state index contributed by atoms with van der Waals surface area (Å²) in [6.07, 6.45) is 13.9. The second-order valence-corrected chi connectivity index (χ2v) is 11.1. The van der Waals surface area contributed by atoms with Gasteiger partial charge in [-0.2, -0.15) is 0 Å². The number of amides is 1. The van der Waals surface area contributed by atoms with Gasteiger partial charge in [0.1, 0.15) is 13.2 Å². The highest BCUT2D eigenvalue weighted by atomic mass is 31.2. The minimum absolute atomic E-state index is 0.0607. The van der Waals surface area contributed by atoms with E-state index >= 15 is 0 Å². The highest BCUT2D eigenvalue weighted by Crippen LogP contribution is 2.43. The van der Waals surface area contributed by atoms with Gasteiger partial charge in [-0.25, -0.2) is 4.57 Å². The van der Waals surface area contributed by atoms with Crippen LogP contribution in [0, 0.1) is 0 Å². The van der Waals surface area contributed by atoms with E-state index in [1.807, 2.05) is 28.1 Å². The molecule has 0 aromatic rings. The first-order chi connectivity index (χ1) is 15.5. The number of unbranched alkanes of at least 4 members (excludes halogenated alkanes) is 8. The van der Waals surface area contributed by atoms with E-state index in [1.54, 1.807) is 12.2 Å². The molecule has 0 spiro atoms. The number of carbonyl (C=O) groups excluding carboxylic acids is 1. The van der Waals surface area contributed by atoms with E-state index in [-0.39, 0.29) is 19.1 Å². The predicted octanol–water partition coefficient (Wildman–Crippen LogP) is 4.56. The Bertz CT molecular complexity index is 580. The first kappa shape index (κ1) is 32.2. The zero-order valence-corrected chi connectivity index (χ0v) is 22.5. The van der Waals surface area contributed by atoms with Crippen LogP contribution in [0.4, 0.5) is 0 Å². The standard InChI is InChI=1S/C24H49N2O6P/c1-6-8-10-11-12-13-14-15-16-18-24(28)25-22(23(27)17-9-7-2)21-32-33(29,30)31-20-19-26(3,4)5/h9,17,22-23,27H,6-8,10-16,18-21H2,1-5H3,(H-,25,28,29,30)/p+1/b17-9+/t22-,23+/m0/s1. The lowest BCUT2D eigenvalue weighted by Gasteiger charge is -2.25. The average molecular weight is 494 g/mol. The first-order valence-corrected chi connectivity index (χ1v) is 14.1. The summed E-state index contributed by atoms with van der Waals surface area (Å²) < 4.78 is 22.9. The second kappa shape index (κ2) is 18.6. The molecule has 0 rings (SSSR count). The lowest BCUT2D eigenvalue weighted by Crippen LogP contribution is -2.45. The molecule has 8 nitrogen and oxygen atoms in total. The maximum Gasteiger partial charge on any atom is 0.472 e. The lowest BCUT2D eigenvalue weighted by atomic mass is 10.1. The molecule has 0 heterocycles. The number of quaternary nitrogens is 1. The molecule has 0 fully saturated rings. The summed E-state index contributed by atoms with van der Waals surface area (Å²) in [5.74, 6) is -0.200. The van der Waals surface area contributed by atoms with Crippen LogP contribution in [-0.2, 0) is 18.4 Å². The molecule has 0 aliphatic heterocycles. The molecule has 0 aromatic heterocycles. The summed E-state index contributed by atoms with van der Waals surface area (Å²) in [4.78, 5) is 22.3. The molecule has 0 bridgehead atoms. The van der Waals surface area contributed by atoms with Gasteiger partial charge >= 0.3 is 7.82 Å². The van der Waals surface area contributed by atoms with Gasteiger partial charge in [0.15, 0.2) is 0 Å². The van der Waals surface area contributed by atoms with Crippen molar-refractivity contribution in [3.63, 3.8) is 0 Å². The smallest absolute Gasteiger partial charge is 0.387 e. The van der Waals surface area contributed by atoms with Crippen LogP contribution < -0.4 is 5.32 Å². The molecule has 3 N–H and O–H groups in total. The number of carbonyl (C=O) groups is 1. The molecular weight excluding hydrogens is 443 g/mol. The van der Waals surface area contributed by atoms with Crippen molar-refractivity contribution in [1.82, 2.24) is 5.32 Å². The predicted molar refractivity (Wildman–Crippen MR) is 134 cm³/mol. The van der Waals surface area contributed by atoms with Gasteiger partial charge < -0.3 is 19.8 Å². The molecular formula is C24H50N2O6P+. The average Bonchev–Trinajstić information content (AvgIpc) is 2.72. The molecule has 9 heteroatoms. The Morgan fingerprint density at radius 1 is 1.00 bits per heavy atom. The Morgan fingerprint density at radius 2 is 1.58 bits per heavy atom. The molecule has 0 radical (unpaired) electrons. The third kappa shape index (κ3) is 20.3. The molecule has 0 aliphatic carbocycles. The Hall–Kier alpha value is -0.760. The number of aliphatic hydroxyl groups excluding tert-OH is 1. The van der Waals surface area contributed by atoms with Gasteiger partial charge in [-0.1, -0.05) is 77.4 Å². The van der Waals surface area contributed by atoms with Crippen LogP contribution in [-0.4, -0.2) is 73.4 Å². The van der Waals surface area contributed by atoms with Crippen LogP contribution in [0.25, 0.3) is 0 Å². The molecule has 0 aromatic carbocycles. The maximum atomic E-state index is 12.4. The van der Waals surface area contributed by atoms with Crippen LogP contribution in [0.2, 0.25) is 0 Å². The molecule has 33 heavy (non-hydrogen) atoms. The van der Waals surface area contributed by atoms with Gasteiger partial charge in [-0.3, -0.25) is 13.8 Å². The number of likely N-dealkylation sites (N-methyl/N-ethyl adjacent to an activating group) is 1. The molecule has 3 atom stereocenters. The van der Waals surface area contributed by atoms with Gasteiger partial charge in [-0.15, -0.1) is 0 Å². The summed E-state index contributed by atoms with van der Waals surface area (Å²) in [6.45, 7) is 4.42. The van der Waals surface area contributed by atoms with Crippen molar-refractivity contribution in [1.29, 1.82) is 0 Å². The number of nitrogens with zero attached hydrogens (tertiary/aromatic N) is 1. The summed E-state index contributed by atoms with van der Waals surface area (Å²) >= 11 is 0. The van der Waals surface area contributed by atoms with Gasteiger partial charge in [0.25, 0.3) is 0 Å². The van der Waals surface area contributed by atoms with Crippen molar-refractivity contribution in [2.75, 3.05) is 40.9 Å². The van der Waals surface area contributed by atoms with E-state index in [2.05, 4.69) is 12.2 Å². The SMILES string of the molecule is CC/C=C/[C@@H](O)[C@H](COP(=O)(O)OCC[N+](C)(C)C)NC(=O)CCCCCCCCCCC. The van der Waals surface area contributed by atoms with E-state index in [4.69, 9.17) is 9.05 Å². The van der Waals surface area contributed by atoms with E-state index in [1.165, 1.54) is 38.5 Å².